The molecule has 2 aromatic rings. The van der Waals surface area contributed by atoms with Crippen molar-refractivity contribution in [3.63, 3.8) is 0 Å². The monoisotopic (exact) mass is 365 g/mol. The van der Waals surface area contributed by atoms with Crippen molar-refractivity contribution in [2.45, 2.75) is 4.90 Å². The van der Waals surface area contributed by atoms with Crippen LogP contribution in [0.25, 0.3) is 0 Å². The van der Waals surface area contributed by atoms with E-state index in [2.05, 4.69) is 30.6 Å². The number of benzene rings is 1. The van der Waals surface area contributed by atoms with E-state index in [0.29, 0.717) is 4.47 Å². The minimum Gasteiger partial charge on any atom is -0.263 e. The lowest BCUT2D eigenvalue weighted by molar-refractivity contribution is 0.569. The lowest BCUT2D eigenvalue weighted by Crippen LogP contribution is -2.15. The van der Waals surface area contributed by atoms with Crippen LogP contribution >= 0.6 is 27.5 Å². The minimum atomic E-state index is -4.07. The molecular formula is C10H6BrClFN3O2S. The predicted octanol–water partition coefficient (Wildman–Crippen LogP) is 2.83. The van der Waals surface area contributed by atoms with Gasteiger partial charge in [0.25, 0.3) is 10.0 Å². The molecular weight excluding hydrogens is 361 g/mol. The van der Waals surface area contributed by atoms with Crippen LogP contribution in [0.2, 0.25) is 5.28 Å². The first-order chi connectivity index (χ1) is 8.88. The zero-order chi connectivity index (χ0) is 14.0. The van der Waals surface area contributed by atoms with Gasteiger partial charge in [-0.25, -0.2) is 17.8 Å². The van der Waals surface area contributed by atoms with Gasteiger partial charge in [-0.2, -0.15) is 4.98 Å². The summed E-state index contributed by atoms with van der Waals surface area (Å²) >= 11 is 8.58. The van der Waals surface area contributed by atoms with E-state index >= 15 is 0 Å². The molecule has 1 heterocycles. The van der Waals surface area contributed by atoms with Crippen molar-refractivity contribution in [2.75, 3.05) is 4.72 Å². The molecule has 0 aliphatic heterocycles. The summed E-state index contributed by atoms with van der Waals surface area (Å²) in [5.41, 5.74) is 0. The lowest BCUT2D eigenvalue weighted by Gasteiger charge is -2.08. The second-order valence-electron chi connectivity index (χ2n) is 3.39. The Bertz CT molecular complexity index is 726. The fourth-order valence-electron chi connectivity index (χ4n) is 1.28. The van der Waals surface area contributed by atoms with Crippen molar-refractivity contribution in [3.05, 3.63) is 46.0 Å². The molecule has 0 unspecified atom stereocenters. The first-order valence-corrected chi connectivity index (χ1v) is 7.50. The van der Waals surface area contributed by atoms with Crippen LogP contribution in [0, 0.1) is 5.82 Å². The maximum Gasteiger partial charge on any atom is 0.265 e. The Labute approximate surface area is 122 Å². The number of sulfonamides is 1. The molecule has 0 spiro atoms. The largest absolute Gasteiger partial charge is 0.265 e. The molecule has 1 aromatic heterocycles. The summed E-state index contributed by atoms with van der Waals surface area (Å²) in [7, 11) is -4.07. The smallest absolute Gasteiger partial charge is 0.263 e. The zero-order valence-corrected chi connectivity index (χ0v) is 12.3. The number of anilines is 1. The van der Waals surface area contributed by atoms with Crippen molar-refractivity contribution in [1.82, 2.24) is 9.97 Å². The van der Waals surface area contributed by atoms with Crippen molar-refractivity contribution >= 4 is 43.4 Å². The normalized spacial score (nSPS) is 11.3. The summed E-state index contributed by atoms with van der Waals surface area (Å²) in [6.45, 7) is 0. The number of hydrogen-bond donors (Lipinski definition) is 1. The van der Waals surface area contributed by atoms with E-state index in [4.69, 9.17) is 11.6 Å². The van der Waals surface area contributed by atoms with Gasteiger partial charge in [-0.05, 0) is 35.9 Å². The van der Waals surface area contributed by atoms with Crippen molar-refractivity contribution in [3.8, 4) is 0 Å². The highest BCUT2D eigenvalue weighted by atomic mass is 79.9. The molecule has 0 amide bonds. The van der Waals surface area contributed by atoms with Gasteiger partial charge in [0.15, 0.2) is 0 Å². The molecule has 0 aliphatic carbocycles. The Kier molecular flexibility index (Phi) is 4.02. The van der Waals surface area contributed by atoms with Gasteiger partial charge in [0.2, 0.25) is 5.28 Å². The number of hydrogen-bond acceptors (Lipinski definition) is 4. The second-order valence-corrected chi connectivity index (χ2v) is 6.30. The molecule has 2 rings (SSSR count). The van der Waals surface area contributed by atoms with Crippen LogP contribution in [-0.2, 0) is 10.0 Å². The quantitative estimate of drug-likeness (QED) is 0.848. The molecule has 0 radical (unpaired) electrons. The van der Waals surface area contributed by atoms with Crippen LogP contribution in [0.5, 0.6) is 0 Å². The van der Waals surface area contributed by atoms with Crippen LogP contribution in [0.4, 0.5) is 10.2 Å². The second kappa shape index (κ2) is 5.40. The van der Waals surface area contributed by atoms with E-state index in [1.165, 1.54) is 18.3 Å². The van der Waals surface area contributed by atoms with Crippen molar-refractivity contribution in [2.24, 2.45) is 0 Å². The highest BCUT2D eigenvalue weighted by Gasteiger charge is 2.19. The average Bonchev–Trinajstić information content (AvgIpc) is 2.27. The van der Waals surface area contributed by atoms with Crippen LogP contribution in [0.3, 0.4) is 0 Å². The van der Waals surface area contributed by atoms with Crippen molar-refractivity contribution < 1.29 is 12.8 Å². The SMILES string of the molecule is O=S(=O)(Nc1ccnc(Cl)n1)c1ccc(Br)cc1F. The van der Waals surface area contributed by atoms with Gasteiger partial charge in [-0.3, -0.25) is 4.72 Å². The molecule has 0 atom stereocenters. The van der Waals surface area contributed by atoms with Gasteiger partial charge in [0.1, 0.15) is 16.5 Å². The van der Waals surface area contributed by atoms with Gasteiger partial charge in [-0.15, -0.1) is 0 Å². The summed E-state index contributed by atoms with van der Waals surface area (Å²) in [6, 6.07) is 4.93. The fraction of sp³-hybridized carbons (Fsp3) is 0. The Hall–Kier alpha value is -1.25. The Morgan fingerprint density at radius 1 is 1.32 bits per heavy atom. The van der Waals surface area contributed by atoms with Gasteiger partial charge in [0, 0.05) is 10.7 Å². The molecule has 0 saturated carbocycles. The maximum atomic E-state index is 13.6. The summed E-state index contributed by atoms with van der Waals surface area (Å²) in [6.07, 6.45) is 1.28. The highest BCUT2D eigenvalue weighted by molar-refractivity contribution is 9.10. The van der Waals surface area contributed by atoms with Gasteiger partial charge in [-0.1, -0.05) is 15.9 Å². The number of nitrogens with zero attached hydrogens (tertiary/aromatic N) is 2. The van der Waals surface area contributed by atoms with E-state index in [9.17, 15) is 12.8 Å². The zero-order valence-electron chi connectivity index (χ0n) is 9.14. The number of rotatable bonds is 3. The third-order valence-electron chi connectivity index (χ3n) is 2.05. The van der Waals surface area contributed by atoms with E-state index in [1.807, 2.05) is 0 Å². The van der Waals surface area contributed by atoms with Crippen LogP contribution in [0.1, 0.15) is 0 Å². The van der Waals surface area contributed by atoms with E-state index in [0.717, 1.165) is 12.1 Å². The van der Waals surface area contributed by atoms with Crippen LogP contribution in [-0.4, -0.2) is 18.4 Å². The molecule has 19 heavy (non-hydrogen) atoms. The molecule has 0 saturated heterocycles. The molecule has 0 aliphatic rings. The average molecular weight is 367 g/mol. The third-order valence-corrected chi connectivity index (χ3v) is 4.11. The molecule has 1 N–H and O–H groups in total. The Morgan fingerprint density at radius 3 is 2.68 bits per heavy atom. The molecule has 9 heteroatoms. The summed E-state index contributed by atoms with van der Waals surface area (Å²) in [5, 5.41) is -0.114. The van der Waals surface area contributed by atoms with Gasteiger partial charge >= 0.3 is 0 Å². The molecule has 5 nitrogen and oxygen atoms in total. The van der Waals surface area contributed by atoms with Crippen LogP contribution in [0.15, 0.2) is 39.8 Å². The topological polar surface area (TPSA) is 72.0 Å². The highest BCUT2D eigenvalue weighted by Crippen LogP contribution is 2.21. The first-order valence-electron chi connectivity index (χ1n) is 4.85. The molecule has 0 bridgehead atoms. The Morgan fingerprint density at radius 2 is 2.05 bits per heavy atom. The minimum absolute atomic E-state index is 0.0395. The number of halogens is 3. The van der Waals surface area contributed by atoms with E-state index in [-0.39, 0.29) is 11.1 Å². The third kappa shape index (κ3) is 3.40. The molecule has 100 valence electrons. The standard InChI is InChI=1S/C10H6BrClFN3O2S/c11-6-1-2-8(7(13)5-6)19(17,18)16-9-3-4-14-10(12)15-9/h1-5H,(H,14,15,16). The lowest BCUT2D eigenvalue weighted by atomic mass is 10.3. The first kappa shape index (κ1) is 14.2. The maximum absolute atomic E-state index is 13.6. The van der Waals surface area contributed by atoms with Crippen molar-refractivity contribution in [1.29, 1.82) is 0 Å². The summed E-state index contributed by atoms with van der Waals surface area (Å²) < 4.78 is 40.1. The van der Waals surface area contributed by atoms with Gasteiger partial charge in [0.05, 0.1) is 0 Å². The Balaban J connectivity index is 2.38. The molecule has 0 fully saturated rings. The summed E-state index contributed by atoms with van der Waals surface area (Å²) in [4.78, 5) is 6.79. The fourth-order valence-corrected chi connectivity index (χ4v) is 2.82. The molecule has 1 aromatic carbocycles. The van der Waals surface area contributed by atoms with Crippen LogP contribution < -0.4 is 4.72 Å². The number of nitrogens with one attached hydrogen (secondary N) is 1. The van der Waals surface area contributed by atoms with E-state index < -0.39 is 20.7 Å². The van der Waals surface area contributed by atoms with Gasteiger partial charge < -0.3 is 0 Å². The predicted molar refractivity (Wildman–Crippen MR) is 72.0 cm³/mol. The number of aromatic nitrogens is 2. The van der Waals surface area contributed by atoms with E-state index in [1.54, 1.807) is 0 Å². The summed E-state index contributed by atoms with van der Waals surface area (Å²) in [5.74, 6) is -0.913.